The van der Waals surface area contributed by atoms with Gasteiger partial charge in [0, 0.05) is 24.2 Å². The lowest BCUT2D eigenvalue weighted by Gasteiger charge is -2.33. The molecule has 0 spiro atoms. The van der Waals surface area contributed by atoms with Crippen LogP contribution in [0.1, 0.15) is 28.1 Å². The maximum Gasteiger partial charge on any atom is 0.338 e. The van der Waals surface area contributed by atoms with E-state index in [0.717, 1.165) is 43.6 Å². The quantitative estimate of drug-likeness (QED) is 0.385. The first-order valence-corrected chi connectivity index (χ1v) is 11.5. The monoisotopic (exact) mass is 471 g/mol. The average Bonchev–Trinajstić information content (AvgIpc) is 3.09. The lowest BCUT2D eigenvalue weighted by atomic mass is 10.1. The van der Waals surface area contributed by atoms with Crippen molar-refractivity contribution >= 4 is 29.6 Å². The molecule has 1 aromatic heterocycles. The number of carbonyl (C=O) groups is 3. The molecule has 1 aliphatic rings. The first-order valence-electron chi connectivity index (χ1n) is 11.5. The van der Waals surface area contributed by atoms with Gasteiger partial charge in [-0.1, -0.05) is 24.3 Å². The number of carbonyl (C=O) groups excluding carboxylic acids is 3. The van der Waals surface area contributed by atoms with Crippen molar-refractivity contribution in [2.75, 3.05) is 25.2 Å². The fourth-order valence-corrected chi connectivity index (χ4v) is 4.53. The molecule has 4 rings (SSSR count). The van der Waals surface area contributed by atoms with E-state index in [2.05, 4.69) is 36.6 Å². The number of barbiturate groups is 1. The minimum absolute atomic E-state index is 0.0453. The Morgan fingerprint density at radius 2 is 1.49 bits per heavy atom. The third-order valence-electron chi connectivity index (χ3n) is 6.10. The van der Waals surface area contributed by atoms with Crippen LogP contribution in [0.5, 0.6) is 0 Å². The second-order valence-corrected chi connectivity index (χ2v) is 8.77. The van der Waals surface area contributed by atoms with Crippen molar-refractivity contribution in [1.29, 1.82) is 0 Å². The van der Waals surface area contributed by atoms with Crippen molar-refractivity contribution in [3.8, 4) is 5.69 Å². The first-order chi connectivity index (χ1) is 16.7. The van der Waals surface area contributed by atoms with E-state index in [1.807, 2.05) is 19.9 Å². The lowest BCUT2D eigenvalue weighted by molar-refractivity contribution is -0.129. The van der Waals surface area contributed by atoms with E-state index in [1.54, 1.807) is 36.4 Å². The maximum atomic E-state index is 13.5. The van der Waals surface area contributed by atoms with Crippen molar-refractivity contribution in [1.82, 2.24) is 9.47 Å². The minimum Gasteiger partial charge on any atom is -0.383 e. The SMILES string of the molecule is COCCN1C(=O)/C(=C/c2cc(C)n(-c3cc(C)cc(C)c3)c2C)C(=O)N(c2ccccc2)C1=O. The molecule has 0 N–H and O–H groups in total. The molecule has 0 radical (unpaired) electrons. The van der Waals surface area contributed by atoms with Gasteiger partial charge in [-0.05, 0) is 80.8 Å². The lowest BCUT2D eigenvalue weighted by Crippen LogP contribution is -2.57. The summed E-state index contributed by atoms with van der Waals surface area (Å²) < 4.78 is 7.20. The Morgan fingerprint density at radius 1 is 0.829 bits per heavy atom. The first kappa shape index (κ1) is 24.2. The minimum atomic E-state index is -0.680. The second-order valence-electron chi connectivity index (χ2n) is 8.77. The number of urea groups is 1. The number of methoxy groups -OCH3 is 1. The Kier molecular flexibility index (Phi) is 6.71. The van der Waals surface area contributed by atoms with Gasteiger partial charge in [0.2, 0.25) is 0 Å². The number of aromatic nitrogens is 1. The number of amides is 4. The van der Waals surface area contributed by atoms with E-state index in [9.17, 15) is 14.4 Å². The topological polar surface area (TPSA) is 71.8 Å². The average molecular weight is 472 g/mol. The molecule has 0 bridgehead atoms. The summed E-state index contributed by atoms with van der Waals surface area (Å²) in [6.45, 7) is 8.26. The summed E-state index contributed by atoms with van der Waals surface area (Å²) in [4.78, 5) is 42.1. The van der Waals surface area contributed by atoms with Gasteiger partial charge in [0.05, 0.1) is 18.8 Å². The van der Waals surface area contributed by atoms with Crippen molar-refractivity contribution in [3.05, 3.63) is 88.2 Å². The standard InChI is InChI=1S/C28H29N3O4/c1-18-13-19(2)15-24(14-18)30-20(3)16-22(21(30)4)17-25-26(32)29(11-12-35-5)28(34)31(27(25)33)23-9-7-6-8-10-23/h6-10,13-17H,11-12H2,1-5H3/b25-17-. The molecule has 0 saturated carbocycles. The number of rotatable bonds is 6. The highest BCUT2D eigenvalue weighted by Gasteiger charge is 2.42. The predicted molar refractivity (Wildman–Crippen MR) is 136 cm³/mol. The van der Waals surface area contributed by atoms with Crippen LogP contribution in [0.3, 0.4) is 0 Å². The molecular weight excluding hydrogens is 442 g/mol. The number of benzene rings is 2. The second kappa shape index (κ2) is 9.72. The van der Waals surface area contributed by atoms with Gasteiger partial charge >= 0.3 is 6.03 Å². The van der Waals surface area contributed by atoms with Crippen molar-refractivity contribution < 1.29 is 19.1 Å². The van der Waals surface area contributed by atoms with Crippen LogP contribution in [-0.4, -0.2) is 47.6 Å². The summed E-state index contributed by atoms with van der Waals surface area (Å²) in [6.07, 6.45) is 1.59. The van der Waals surface area contributed by atoms with Crippen LogP contribution in [0, 0.1) is 27.7 Å². The number of hydrogen-bond acceptors (Lipinski definition) is 4. The zero-order valence-corrected chi connectivity index (χ0v) is 20.7. The fraction of sp³-hybridized carbons (Fsp3) is 0.250. The Balaban J connectivity index is 1.82. The van der Waals surface area contributed by atoms with Crippen molar-refractivity contribution in [3.63, 3.8) is 0 Å². The third kappa shape index (κ3) is 4.55. The van der Waals surface area contributed by atoms with Gasteiger partial charge in [0.1, 0.15) is 5.57 Å². The molecular formula is C28H29N3O4. The normalized spacial score (nSPS) is 15.5. The summed E-state index contributed by atoms with van der Waals surface area (Å²) in [7, 11) is 1.50. The Hall–Kier alpha value is -3.97. The van der Waals surface area contributed by atoms with Crippen molar-refractivity contribution in [2.24, 2.45) is 0 Å². The van der Waals surface area contributed by atoms with Crippen LogP contribution in [0.15, 0.2) is 60.2 Å². The molecule has 1 saturated heterocycles. The Labute approximate surface area is 205 Å². The van der Waals surface area contributed by atoms with Gasteiger partial charge in [-0.15, -0.1) is 0 Å². The number of imide groups is 2. The van der Waals surface area contributed by atoms with Gasteiger partial charge < -0.3 is 9.30 Å². The highest BCUT2D eigenvalue weighted by molar-refractivity contribution is 6.39. The third-order valence-corrected chi connectivity index (χ3v) is 6.10. The summed E-state index contributed by atoms with van der Waals surface area (Å²) in [6, 6.07) is 16.2. The van der Waals surface area contributed by atoms with E-state index in [4.69, 9.17) is 4.74 Å². The number of hydrogen-bond donors (Lipinski definition) is 0. The molecule has 0 atom stereocenters. The highest BCUT2D eigenvalue weighted by Crippen LogP contribution is 2.29. The van der Waals surface area contributed by atoms with Crippen LogP contribution in [0.2, 0.25) is 0 Å². The van der Waals surface area contributed by atoms with Gasteiger partial charge in [-0.25, -0.2) is 9.69 Å². The summed E-state index contributed by atoms with van der Waals surface area (Å²) in [5, 5.41) is 0. The van der Waals surface area contributed by atoms with E-state index >= 15 is 0 Å². The van der Waals surface area contributed by atoms with Crippen LogP contribution in [0.4, 0.5) is 10.5 Å². The molecule has 2 heterocycles. The summed E-state index contributed by atoms with van der Waals surface area (Å²) >= 11 is 0. The molecule has 4 amide bonds. The zero-order chi connectivity index (χ0) is 25.3. The van der Waals surface area contributed by atoms with Crippen LogP contribution < -0.4 is 4.90 Å². The predicted octanol–water partition coefficient (Wildman–Crippen LogP) is 4.74. The van der Waals surface area contributed by atoms with E-state index in [0.29, 0.717) is 5.69 Å². The van der Waals surface area contributed by atoms with Crippen LogP contribution in [-0.2, 0) is 14.3 Å². The molecule has 2 aromatic carbocycles. The molecule has 0 unspecified atom stereocenters. The fourth-order valence-electron chi connectivity index (χ4n) is 4.53. The van der Waals surface area contributed by atoms with Gasteiger partial charge in [-0.2, -0.15) is 0 Å². The molecule has 180 valence electrons. The molecule has 3 aromatic rings. The number of nitrogens with zero attached hydrogens (tertiary/aromatic N) is 3. The van der Waals surface area contributed by atoms with E-state index < -0.39 is 17.8 Å². The molecule has 7 nitrogen and oxygen atoms in total. The number of para-hydroxylation sites is 1. The largest absolute Gasteiger partial charge is 0.383 e. The maximum absolute atomic E-state index is 13.5. The molecule has 1 fully saturated rings. The van der Waals surface area contributed by atoms with Crippen LogP contribution in [0.25, 0.3) is 11.8 Å². The summed E-state index contributed by atoms with van der Waals surface area (Å²) in [5.74, 6) is -1.27. The number of anilines is 1. The summed E-state index contributed by atoms with van der Waals surface area (Å²) in [5.41, 5.74) is 6.27. The molecule has 0 aliphatic carbocycles. The Morgan fingerprint density at radius 3 is 2.11 bits per heavy atom. The molecule has 1 aliphatic heterocycles. The van der Waals surface area contributed by atoms with E-state index in [1.165, 1.54) is 7.11 Å². The molecule has 35 heavy (non-hydrogen) atoms. The number of aryl methyl sites for hydroxylation is 3. The molecule has 7 heteroatoms. The van der Waals surface area contributed by atoms with Crippen molar-refractivity contribution in [2.45, 2.75) is 27.7 Å². The van der Waals surface area contributed by atoms with Gasteiger partial charge in [0.25, 0.3) is 11.8 Å². The van der Waals surface area contributed by atoms with Gasteiger partial charge in [0.15, 0.2) is 0 Å². The smallest absolute Gasteiger partial charge is 0.338 e. The van der Waals surface area contributed by atoms with Gasteiger partial charge in [-0.3, -0.25) is 14.5 Å². The Bertz CT molecular complexity index is 1320. The van der Waals surface area contributed by atoms with Crippen LogP contribution >= 0.6 is 0 Å². The number of ether oxygens (including phenoxy) is 1. The highest BCUT2D eigenvalue weighted by atomic mass is 16.5. The van der Waals surface area contributed by atoms with E-state index in [-0.39, 0.29) is 18.7 Å². The zero-order valence-electron chi connectivity index (χ0n) is 20.7.